The molecule has 3 rings (SSSR count). The SMILES string of the molecule is O=C(c1cc(C(F)(F)F)ccc1F)N1CCC2(CCNC2)C1. The number of benzene rings is 1. The molecule has 1 aromatic carbocycles. The van der Waals surface area contributed by atoms with Crippen LogP contribution < -0.4 is 5.32 Å². The number of halogens is 4. The number of likely N-dealkylation sites (tertiary alicyclic amines) is 1. The van der Waals surface area contributed by atoms with Crippen molar-refractivity contribution in [2.45, 2.75) is 19.0 Å². The third kappa shape index (κ3) is 2.69. The van der Waals surface area contributed by atoms with Gasteiger partial charge in [0.1, 0.15) is 5.82 Å². The Kier molecular flexibility index (Phi) is 3.63. The van der Waals surface area contributed by atoms with Crippen LogP contribution in [0.25, 0.3) is 0 Å². The molecule has 0 aliphatic carbocycles. The van der Waals surface area contributed by atoms with E-state index in [-0.39, 0.29) is 5.41 Å². The van der Waals surface area contributed by atoms with Gasteiger partial charge in [0.25, 0.3) is 5.91 Å². The van der Waals surface area contributed by atoms with Gasteiger partial charge in [-0.1, -0.05) is 0 Å². The fourth-order valence-corrected chi connectivity index (χ4v) is 3.29. The molecule has 0 saturated carbocycles. The summed E-state index contributed by atoms with van der Waals surface area (Å²) in [6.07, 6.45) is -2.86. The number of carbonyl (C=O) groups is 1. The number of nitrogens with one attached hydrogen (secondary N) is 1. The van der Waals surface area contributed by atoms with Crippen LogP contribution in [0.2, 0.25) is 0 Å². The Morgan fingerprint density at radius 3 is 2.68 bits per heavy atom. The van der Waals surface area contributed by atoms with Crippen molar-refractivity contribution in [3.63, 3.8) is 0 Å². The van der Waals surface area contributed by atoms with Gasteiger partial charge in [-0.15, -0.1) is 0 Å². The minimum Gasteiger partial charge on any atom is -0.338 e. The van der Waals surface area contributed by atoms with E-state index in [1.54, 1.807) is 0 Å². The largest absolute Gasteiger partial charge is 0.416 e. The summed E-state index contributed by atoms with van der Waals surface area (Å²) in [5.41, 5.74) is -1.51. The number of hydrogen-bond donors (Lipinski definition) is 1. The first kappa shape index (κ1) is 15.3. The van der Waals surface area contributed by atoms with Crippen LogP contribution in [0.5, 0.6) is 0 Å². The zero-order valence-corrected chi connectivity index (χ0v) is 11.8. The highest BCUT2D eigenvalue weighted by atomic mass is 19.4. The fraction of sp³-hybridized carbons (Fsp3) is 0.533. The number of carbonyl (C=O) groups excluding carboxylic acids is 1. The Labute approximate surface area is 125 Å². The highest BCUT2D eigenvalue weighted by Crippen LogP contribution is 2.37. The second kappa shape index (κ2) is 5.22. The minimum absolute atomic E-state index is 0.00618. The molecular formula is C15H16F4N2O. The number of nitrogens with zero attached hydrogens (tertiary/aromatic N) is 1. The standard InChI is InChI=1S/C15H16F4N2O/c16-12-2-1-10(15(17,18)19)7-11(12)13(22)21-6-4-14(9-21)3-5-20-8-14/h1-2,7,20H,3-6,8-9H2. The summed E-state index contributed by atoms with van der Waals surface area (Å²) in [6, 6.07) is 1.97. The van der Waals surface area contributed by atoms with Gasteiger partial charge < -0.3 is 10.2 Å². The molecule has 3 nitrogen and oxygen atoms in total. The van der Waals surface area contributed by atoms with Crippen molar-refractivity contribution in [2.75, 3.05) is 26.2 Å². The molecule has 120 valence electrons. The quantitative estimate of drug-likeness (QED) is 0.808. The van der Waals surface area contributed by atoms with Gasteiger partial charge in [0.05, 0.1) is 11.1 Å². The Morgan fingerprint density at radius 2 is 2.05 bits per heavy atom. The molecule has 7 heteroatoms. The molecule has 0 bridgehead atoms. The number of rotatable bonds is 1. The van der Waals surface area contributed by atoms with E-state index in [2.05, 4.69) is 5.32 Å². The van der Waals surface area contributed by atoms with Crippen LogP contribution in [0.4, 0.5) is 17.6 Å². The lowest BCUT2D eigenvalue weighted by Crippen LogP contribution is -2.33. The van der Waals surface area contributed by atoms with Crippen LogP contribution in [0, 0.1) is 11.2 Å². The van der Waals surface area contributed by atoms with Crippen molar-refractivity contribution in [3.05, 3.63) is 35.1 Å². The molecule has 2 saturated heterocycles. The lowest BCUT2D eigenvalue weighted by molar-refractivity contribution is -0.137. The number of amides is 1. The van der Waals surface area contributed by atoms with Crippen molar-refractivity contribution < 1.29 is 22.4 Å². The Morgan fingerprint density at radius 1 is 1.27 bits per heavy atom. The summed E-state index contributed by atoms with van der Waals surface area (Å²) in [5, 5.41) is 3.23. The molecule has 1 N–H and O–H groups in total. The van der Waals surface area contributed by atoms with Crippen molar-refractivity contribution >= 4 is 5.91 Å². The summed E-state index contributed by atoms with van der Waals surface area (Å²) < 4.78 is 52.0. The topological polar surface area (TPSA) is 32.3 Å². The van der Waals surface area contributed by atoms with E-state index in [0.717, 1.165) is 25.9 Å². The van der Waals surface area contributed by atoms with Gasteiger partial charge in [0, 0.05) is 25.0 Å². The average Bonchev–Trinajstić information content (AvgIpc) is 3.08. The van der Waals surface area contributed by atoms with Crippen molar-refractivity contribution in [1.29, 1.82) is 0 Å². The molecule has 1 amide bonds. The summed E-state index contributed by atoms with van der Waals surface area (Å²) in [6.45, 7) is 2.59. The summed E-state index contributed by atoms with van der Waals surface area (Å²) in [5.74, 6) is -1.57. The van der Waals surface area contributed by atoms with Gasteiger partial charge >= 0.3 is 6.18 Å². The molecule has 1 spiro atoms. The van der Waals surface area contributed by atoms with Crippen molar-refractivity contribution in [3.8, 4) is 0 Å². The maximum Gasteiger partial charge on any atom is 0.416 e. The fourth-order valence-electron chi connectivity index (χ4n) is 3.29. The molecule has 2 aliphatic heterocycles. The summed E-state index contributed by atoms with van der Waals surface area (Å²) >= 11 is 0. The monoisotopic (exact) mass is 316 g/mol. The Hall–Kier alpha value is -1.63. The van der Waals surface area contributed by atoms with Gasteiger partial charge in [0.2, 0.25) is 0 Å². The molecule has 22 heavy (non-hydrogen) atoms. The predicted molar refractivity (Wildman–Crippen MR) is 71.8 cm³/mol. The van der Waals surface area contributed by atoms with Gasteiger partial charge in [-0.05, 0) is 37.6 Å². The van der Waals surface area contributed by atoms with Crippen LogP contribution in [0.3, 0.4) is 0 Å². The number of alkyl halides is 3. The maximum atomic E-state index is 13.8. The molecule has 1 atom stereocenters. The van der Waals surface area contributed by atoms with Crippen LogP contribution in [0.15, 0.2) is 18.2 Å². The van der Waals surface area contributed by atoms with E-state index in [1.807, 2.05) is 0 Å². The minimum atomic E-state index is -4.59. The average molecular weight is 316 g/mol. The molecule has 0 radical (unpaired) electrons. The normalized spacial score (nSPS) is 25.2. The van der Waals surface area contributed by atoms with Gasteiger partial charge in [-0.2, -0.15) is 13.2 Å². The van der Waals surface area contributed by atoms with Gasteiger partial charge in [0.15, 0.2) is 0 Å². The van der Waals surface area contributed by atoms with Crippen LogP contribution in [-0.4, -0.2) is 37.0 Å². The molecular weight excluding hydrogens is 300 g/mol. The lowest BCUT2D eigenvalue weighted by atomic mass is 9.86. The van der Waals surface area contributed by atoms with E-state index in [1.165, 1.54) is 4.90 Å². The first-order valence-electron chi connectivity index (χ1n) is 7.18. The number of hydrogen-bond acceptors (Lipinski definition) is 2. The van der Waals surface area contributed by atoms with Crippen LogP contribution in [-0.2, 0) is 6.18 Å². The highest BCUT2D eigenvalue weighted by Gasteiger charge is 2.42. The summed E-state index contributed by atoms with van der Waals surface area (Å²) in [7, 11) is 0. The Bertz CT molecular complexity index is 594. The first-order chi connectivity index (χ1) is 10.3. The molecule has 2 heterocycles. The van der Waals surface area contributed by atoms with E-state index < -0.39 is 29.0 Å². The molecule has 0 aromatic heterocycles. The van der Waals surface area contributed by atoms with Gasteiger partial charge in [-0.25, -0.2) is 4.39 Å². The molecule has 2 fully saturated rings. The zero-order valence-electron chi connectivity index (χ0n) is 11.8. The zero-order chi connectivity index (χ0) is 16.0. The van der Waals surface area contributed by atoms with Crippen molar-refractivity contribution in [2.24, 2.45) is 5.41 Å². The summed E-state index contributed by atoms with van der Waals surface area (Å²) in [4.78, 5) is 13.8. The third-order valence-electron chi connectivity index (χ3n) is 4.58. The van der Waals surface area contributed by atoms with E-state index in [9.17, 15) is 22.4 Å². The highest BCUT2D eigenvalue weighted by molar-refractivity contribution is 5.95. The smallest absolute Gasteiger partial charge is 0.338 e. The molecule has 2 aliphatic rings. The third-order valence-corrected chi connectivity index (χ3v) is 4.58. The second-order valence-electron chi connectivity index (χ2n) is 6.10. The van der Waals surface area contributed by atoms with E-state index in [4.69, 9.17) is 0 Å². The van der Waals surface area contributed by atoms with Crippen LogP contribution >= 0.6 is 0 Å². The second-order valence-corrected chi connectivity index (χ2v) is 6.10. The van der Waals surface area contributed by atoms with Crippen molar-refractivity contribution in [1.82, 2.24) is 10.2 Å². The van der Waals surface area contributed by atoms with Gasteiger partial charge in [-0.3, -0.25) is 4.79 Å². The van der Waals surface area contributed by atoms with E-state index in [0.29, 0.717) is 31.3 Å². The van der Waals surface area contributed by atoms with E-state index >= 15 is 0 Å². The lowest BCUT2D eigenvalue weighted by Gasteiger charge is -2.23. The Balaban J connectivity index is 1.83. The molecule has 1 aromatic rings. The van der Waals surface area contributed by atoms with Crippen LogP contribution in [0.1, 0.15) is 28.8 Å². The maximum absolute atomic E-state index is 13.8. The first-order valence-corrected chi connectivity index (χ1v) is 7.18. The molecule has 1 unspecified atom stereocenters. The predicted octanol–water partition coefficient (Wildman–Crippen LogP) is 2.67.